The molecular formula is C27H50O2Si2. The molecule has 31 heavy (non-hydrogen) atoms. The van der Waals surface area contributed by atoms with Gasteiger partial charge in [0.1, 0.15) is 0 Å². The van der Waals surface area contributed by atoms with Crippen LogP contribution in [0.2, 0.25) is 39.3 Å². The molecule has 0 N–H and O–H groups in total. The predicted molar refractivity (Wildman–Crippen MR) is 137 cm³/mol. The van der Waals surface area contributed by atoms with Gasteiger partial charge in [-0.2, -0.15) is 0 Å². The molecule has 4 aliphatic carbocycles. The Morgan fingerprint density at radius 3 is 2.13 bits per heavy atom. The minimum atomic E-state index is -1.57. The summed E-state index contributed by atoms with van der Waals surface area (Å²) in [6.07, 6.45) is 11.8. The second kappa shape index (κ2) is 7.47. The van der Waals surface area contributed by atoms with Gasteiger partial charge in [0.25, 0.3) is 0 Å². The van der Waals surface area contributed by atoms with Crippen molar-refractivity contribution >= 4 is 16.6 Å². The zero-order valence-corrected chi connectivity index (χ0v) is 24.2. The van der Waals surface area contributed by atoms with Gasteiger partial charge < -0.3 is 8.85 Å². The average molecular weight is 463 g/mol. The fourth-order valence-corrected chi connectivity index (χ4v) is 11.4. The van der Waals surface area contributed by atoms with E-state index in [4.69, 9.17) is 8.85 Å². The normalized spacial score (nSPS) is 47.8. The summed E-state index contributed by atoms with van der Waals surface area (Å²) in [6.45, 7) is 24.4. The van der Waals surface area contributed by atoms with Crippen molar-refractivity contribution in [1.82, 2.24) is 0 Å². The summed E-state index contributed by atoms with van der Waals surface area (Å²) in [5, 5.41) is 0. The molecule has 4 rings (SSSR count). The molecule has 0 aromatic carbocycles. The lowest BCUT2D eigenvalue weighted by Crippen LogP contribution is -2.59. The molecule has 8 atom stereocenters. The summed E-state index contributed by atoms with van der Waals surface area (Å²) in [4.78, 5) is 0. The van der Waals surface area contributed by atoms with Gasteiger partial charge in [0.05, 0.1) is 11.4 Å². The molecule has 6 unspecified atom stereocenters. The van der Waals surface area contributed by atoms with Crippen molar-refractivity contribution in [3.63, 3.8) is 0 Å². The van der Waals surface area contributed by atoms with E-state index in [0.29, 0.717) is 16.7 Å². The smallest absolute Gasteiger partial charge is 0.241 e. The molecule has 4 aliphatic rings. The van der Waals surface area contributed by atoms with E-state index in [1.165, 1.54) is 44.3 Å². The van der Waals surface area contributed by atoms with Gasteiger partial charge in [-0.25, -0.2) is 0 Å². The maximum Gasteiger partial charge on any atom is 0.241 e. The van der Waals surface area contributed by atoms with Gasteiger partial charge in [-0.05, 0) is 131 Å². The van der Waals surface area contributed by atoms with E-state index in [-0.39, 0.29) is 5.60 Å². The first-order valence-corrected chi connectivity index (χ1v) is 20.0. The van der Waals surface area contributed by atoms with Crippen molar-refractivity contribution in [2.75, 3.05) is 0 Å². The number of fused-ring (bicyclic) bond motifs is 5. The number of hydrogen-bond donors (Lipinski definition) is 0. The second-order valence-electron chi connectivity index (χ2n) is 14.4. The highest BCUT2D eigenvalue weighted by Crippen LogP contribution is 2.69. The maximum atomic E-state index is 6.98. The Bertz CT molecular complexity index is 734. The highest BCUT2D eigenvalue weighted by molar-refractivity contribution is 6.70. The summed E-state index contributed by atoms with van der Waals surface area (Å²) in [5.74, 6) is 5.43. The first kappa shape index (κ1) is 24.1. The number of hydrogen-bond acceptors (Lipinski definition) is 2. The first-order valence-electron chi connectivity index (χ1n) is 13.2. The number of allylic oxidation sites excluding steroid dienone is 2. The minimum Gasteiger partial charge on any atom is -0.548 e. The molecule has 0 heterocycles. The third-order valence-corrected chi connectivity index (χ3v) is 12.0. The standard InChI is InChI=1S/C27H50O2Si2/c1-19-17-20-18-21(28-30(5,6)7)11-14-25(20,2)22-12-15-26(3)23(24(19)22)13-16-27(26,4)29-31(8,9)10/h18-20,22-24H,11-17H2,1-10H3/t19-,20?,22?,23?,24?,25?,26?,27+/m1/s1. The summed E-state index contributed by atoms with van der Waals surface area (Å²) < 4.78 is 13.5. The minimum absolute atomic E-state index is 0.0788. The van der Waals surface area contributed by atoms with Crippen LogP contribution in [0.4, 0.5) is 0 Å². The molecule has 0 saturated heterocycles. The van der Waals surface area contributed by atoms with Crippen LogP contribution in [0.3, 0.4) is 0 Å². The Balaban J connectivity index is 1.61. The molecule has 0 bridgehead atoms. The van der Waals surface area contributed by atoms with Crippen LogP contribution in [0.15, 0.2) is 11.8 Å². The highest BCUT2D eigenvalue weighted by Gasteiger charge is 2.65. The maximum absolute atomic E-state index is 6.98. The van der Waals surface area contributed by atoms with Crippen LogP contribution in [0.25, 0.3) is 0 Å². The van der Waals surface area contributed by atoms with Gasteiger partial charge in [-0.1, -0.05) is 20.8 Å². The molecule has 2 nitrogen and oxygen atoms in total. The van der Waals surface area contributed by atoms with Gasteiger partial charge >= 0.3 is 0 Å². The Kier molecular flexibility index (Phi) is 5.80. The van der Waals surface area contributed by atoms with E-state index >= 15 is 0 Å². The molecule has 0 aliphatic heterocycles. The molecule has 3 fully saturated rings. The van der Waals surface area contributed by atoms with Gasteiger partial charge in [-0.15, -0.1) is 0 Å². The topological polar surface area (TPSA) is 18.5 Å². The van der Waals surface area contributed by atoms with Crippen molar-refractivity contribution in [1.29, 1.82) is 0 Å². The van der Waals surface area contributed by atoms with Crippen molar-refractivity contribution in [2.45, 2.75) is 118 Å². The summed E-state index contributed by atoms with van der Waals surface area (Å²) in [7, 11) is -3.09. The average Bonchev–Trinajstić information content (AvgIpc) is 2.84. The molecule has 0 aromatic heterocycles. The second-order valence-corrected chi connectivity index (χ2v) is 23.3. The Morgan fingerprint density at radius 2 is 1.52 bits per heavy atom. The Hall–Kier alpha value is -0.0662. The lowest BCUT2D eigenvalue weighted by molar-refractivity contribution is -0.146. The molecule has 0 spiro atoms. The fourth-order valence-electron chi connectivity index (χ4n) is 8.74. The van der Waals surface area contributed by atoms with E-state index in [2.05, 4.69) is 73.1 Å². The van der Waals surface area contributed by atoms with Crippen LogP contribution in [0.5, 0.6) is 0 Å². The third-order valence-electron chi connectivity index (χ3n) is 10.1. The Morgan fingerprint density at radius 1 is 0.871 bits per heavy atom. The number of rotatable bonds is 4. The molecule has 0 radical (unpaired) electrons. The highest BCUT2D eigenvalue weighted by atomic mass is 28.4. The largest absolute Gasteiger partial charge is 0.548 e. The van der Waals surface area contributed by atoms with Crippen LogP contribution in [-0.2, 0) is 8.85 Å². The summed E-state index contributed by atoms with van der Waals surface area (Å²) >= 11 is 0. The zero-order chi connectivity index (χ0) is 23.0. The SMILES string of the molecule is C[C@@H]1CC2C=C(O[Si](C)(C)C)CCC2(C)C2CCC3(C)C(CC[C@]3(C)O[Si](C)(C)C)C21. The van der Waals surface area contributed by atoms with Crippen molar-refractivity contribution in [3.8, 4) is 0 Å². The van der Waals surface area contributed by atoms with Gasteiger partial charge in [-0.3, -0.25) is 0 Å². The van der Waals surface area contributed by atoms with E-state index in [9.17, 15) is 0 Å². The molecule has 4 heteroatoms. The van der Waals surface area contributed by atoms with Gasteiger partial charge in [0.2, 0.25) is 8.32 Å². The van der Waals surface area contributed by atoms with Crippen LogP contribution in [0.1, 0.15) is 72.6 Å². The van der Waals surface area contributed by atoms with E-state index in [0.717, 1.165) is 30.1 Å². The molecule has 178 valence electrons. The van der Waals surface area contributed by atoms with Crippen LogP contribution < -0.4 is 0 Å². The molecular weight excluding hydrogens is 412 g/mol. The molecule has 0 aromatic rings. The van der Waals surface area contributed by atoms with E-state index in [1.807, 2.05) is 0 Å². The monoisotopic (exact) mass is 462 g/mol. The fraction of sp³-hybridized carbons (Fsp3) is 0.926. The Labute approximate surface area is 195 Å². The van der Waals surface area contributed by atoms with E-state index in [1.54, 1.807) is 0 Å². The first-order chi connectivity index (χ1) is 14.1. The van der Waals surface area contributed by atoms with Crippen molar-refractivity contribution in [2.24, 2.45) is 40.4 Å². The third kappa shape index (κ3) is 4.05. The summed E-state index contributed by atoms with van der Waals surface area (Å²) in [6, 6.07) is 0. The van der Waals surface area contributed by atoms with Crippen molar-refractivity contribution < 1.29 is 8.85 Å². The van der Waals surface area contributed by atoms with Gasteiger partial charge in [0, 0.05) is 6.42 Å². The van der Waals surface area contributed by atoms with E-state index < -0.39 is 16.6 Å². The van der Waals surface area contributed by atoms with Crippen LogP contribution in [-0.4, -0.2) is 22.2 Å². The van der Waals surface area contributed by atoms with Gasteiger partial charge in [0.15, 0.2) is 8.32 Å². The summed E-state index contributed by atoms with van der Waals surface area (Å²) in [5.41, 5.74) is 0.890. The molecule has 3 saturated carbocycles. The van der Waals surface area contributed by atoms with Crippen LogP contribution >= 0.6 is 0 Å². The molecule has 0 amide bonds. The predicted octanol–water partition coefficient (Wildman–Crippen LogP) is 8.23. The van der Waals surface area contributed by atoms with Crippen LogP contribution in [0, 0.1) is 40.4 Å². The quantitative estimate of drug-likeness (QED) is 0.392. The lowest BCUT2D eigenvalue weighted by atomic mass is 9.43. The lowest BCUT2D eigenvalue weighted by Gasteiger charge is -2.63. The zero-order valence-electron chi connectivity index (χ0n) is 22.2. The van der Waals surface area contributed by atoms with Crippen molar-refractivity contribution in [3.05, 3.63) is 11.8 Å².